The van der Waals surface area contributed by atoms with E-state index in [1.165, 1.54) is 11.3 Å². The van der Waals surface area contributed by atoms with Crippen molar-refractivity contribution in [3.05, 3.63) is 35.2 Å². The average molecular weight is 220 g/mol. The summed E-state index contributed by atoms with van der Waals surface area (Å²) in [5.41, 5.74) is 7.23. The minimum absolute atomic E-state index is 0.249. The van der Waals surface area contributed by atoms with E-state index in [9.17, 15) is 4.79 Å². The average Bonchev–Trinajstić information content (AvgIpc) is 2.65. The van der Waals surface area contributed by atoms with E-state index in [1.54, 1.807) is 29.6 Å². The van der Waals surface area contributed by atoms with Crippen LogP contribution in [-0.2, 0) is 0 Å². The lowest BCUT2D eigenvalue weighted by molar-refractivity contribution is 0.0697. The summed E-state index contributed by atoms with van der Waals surface area (Å²) in [5.74, 6) is -0.944. The van der Waals surface area contributed by atoms with E-state index in [0.717, 1.165) is 5.56 Å². The normalized spacial score (nSPS) is 10.1. The first kappa shape index (κ1) is 9.67. The number of nitrogens with zero attached hydrogens (tertiary/aromatic N) is 1. The van der Waals surface area contributed by atoms with Crippen molar-refractivity contribution in [3.8, 4) is 11.3 Å². The van der Waals surface area contributed by atoms with Gasteiger partial charge >= 0.3 is 5.97 Å². The summed E-state index contributed by atoms with van der Waals surface area (Å²) in [6, 6.07) is 6.62. The van der Waals surface area contributed by atoms with Crippen LogP contribution >= 0.6 is 11.3 Å². The summed E-state index contributed by atoms with van der Waals surface area (Å²) < 4.78 is 0. The van der Waals surface area contributed by atoms with Gasteiger partial charge in [-0.2, -0.15) is 0 Å². The predicted octanol–water partition coefficient (Wildman–Crippen LogP) is 2.09. The molecule has 0 fully saturated rings. The summed E-state index contributed by atoms with van der Waals surface area (Å²) in [5, 5.41) is 11.1. The predicted molar refractivity (Wildman–Crippen MR) is 58.9 cm³/mol. The molecule has 3 N–H and O–H groups in total. The van der Waals surface area contributed by atoms with Crippen LogP contribution in [0.4, 0.5) is 5.13 Å². The monoisotopic (exact) mass is 220 g/mol. The van der Waals surface area contributed by atoms with Gasteiger partial charge in [-0.3, -0.25) is 0 Å². The molecule has 0 aliphatic carbocycles. The highest BCUT2D eigenvalue weighted by molar-refractivity contribution is 7.13. The third-order valence-corrected chi connectivity index (χ3v) is 2.60. The quantitative estimate of drug-likeness (QED) is 0.812. The van der Waals surface area contributed by atoms with Crippen LogP contribution < -0.4 is 5.73 Å². The number of anilines is 1. The molecule has 2 rings (SSSR count). The fourth-order valence-electron chi connectivity index (χ4n) is 1.23. The van der Waals surface area contributed by atoms with Crippen molar-refractivity contribution in [1.82, 2.24) is 4.98 Å². The van der Waals surface area contributed by atoms with Gasteiger partial charge in [0, 0.05) is 10.9 Å². The Bertz CT molecular complexity index is 508. The van der Waals surface area contributed by atoms with Gasteiger partial charge in [-0.25, -0.2) is 9.78 Å². The van der Waals surface area contributed by atoms with Crippen molar-refractivity contribution in [2.75, 3.05) is 5.73 Å². The second-order valence-corrected chi connectivity index (χ2v) is 3.85. The number of rotatable bonds is 2. The molecule has 1 aromatic carbocycles. The molecule has 0 aliphatic rings. The first-order valence-corrected chi connectivity index (χ1v) is 5.09. The van der Waals surface area contributed by atoms with Gasteiger partial charge in [0.1, 0.15) is 0 Å². The van der Waals surface area contributed by atoms with Crippen LogP contribution in [0.15, 0.2) is 29.6 Å². The number of aromatic nitrogens is 1. The van der Waals surface area contributed by atoms with Crippen molar-refractivity contribution in [1.29, 1.82) is 0 Å². The molecule has 0 bridgehead atoms. The van der Waals surface area contributed by atoms with Gasteiger partial charge in [0.2, 0.25) is 0 Å². The maximum absolute atomic E-state index is 10.7. The highest BCUT2D eigenvalue weighted by Gasteiger charge is 2.06. The SMILES string of the molecule is Nc1nc(-c2cccc(C(=O)O)c2)cs1. The van der Waals surface area contributed by atoms with Crippen LogP contribution in [0.3, 0.4) is 0 Å². The number of benzene rings is 1. The lowest BCUT2D eigenvalue weighted by atomic mass is 10.1. The molecule has 0 spiro atoms. The number of nitrogen functional groups attached to an aromatic ring is 1. The summed E-state index contributed by atoms with van der Waals surface area (Å²) >= 11 is 1.33. The molecule has 0 saturated heterocycles. The Kier molecular flexibility index (Phi) is 2.39. The fourth-order valence-corrected chi connectivity index (χ4v) is 1.80. The van der Waals surface area contributed by atoms with E-state index < -0.39 is 5.97 Å². The Morgan fingerprint density at radius 3 is 2.87 bits per heavy atom. The van der Waals surface area contributed by atoms with Crippen LogP contribution in [-0.4, -0.2) is 16.1 Å². The van der Waals surface area contributed by atoms with Gasteiger partial charge in [-0.1, -0.05) is 12.1 Å². The van der Waals surface area contributed by atoms with Gasteiger partial charge in [-0.05, 0) is 12.1 Å². The maximum Gasteiger partial charge on any atom is 0.335 e. The van der Waals surface area contributed by atoms with E-state index in [2.05, 4.69) is 4.98 Å². The van der Waals surface area contributed by atoms with Gasteiger partial charge in [0.15, 0.2) is 5.13 Å². The molecule has 5 heteroatoms. The smallest absolute Gasteiger partial charge is 0.335 e. The van der Waals surface area contributed by atoms with Crippen molar-refractivity contribution >= 4 is 22.4 Å². The van der Waals surface area contributed by atoms with Crippen molar-refractivity contribution in [2.24, 2.45) is 0 Å². The van der Waals surface area contributed by atoms with Crippen LogP contribution in [0.2, 0.25) is 0 Å². The highest BCUT2D eigenvalue weighted by atomic mass is 32.1. The number of thiazole rings is 1. The summed E-state index contributed by atoms with van der Waals surface area (Å²) in [4.78, 5) is 14.8. The number of carbonyl (C=O) groups is 1. The van der Waals surface area contributed by atoms with Crippen LogP contribution in [0.1, 0.15) is 10.4 Å². The molecule has 0 aliphatic heterocycles. The molecule has 0 unspecified atom stereocenters. The minimum atomic E-state index is -0.944. The number of carboxylic acid groups (broad SMARTS) is 1. The zero-order valence-electron chi connectivity index (χ0n) is 7.68. The van der Waals surface area contributed by atoms with Crippen molar-refractivity contribution < 1.29 is 9.90 Å². The van der Waals surface area contributed by atoms with Gasteiger partial charge < -0.3 is 10.8 Å². The van der Waals surface area contributed by atoms with Gasteiger partial charge in [0.05, 0.1) is 11.3 Å². The van der Waals surface area contributed by atoms with E-state index >= 15 is 0 Å². The standard InChI is InChI=1S/C10H8N2O2S/c11-10-12-8(5-15-10)6-2-1-3-7(4-6)9(13)14/h1-5H,(H2,11,12)(H,13,14). The van der Waals surface area contributed by atoms with E-state index in [1.807, 2.05) is 0 Å². The van der Waals surface area contributed by atoms with Crippen LogP contribution in [0.5, 0.6) is 0 Å². The van der Waals surface area contributed by atoms with Crippen molar-refractivity contribution in [3.63, 3.8) is 0 Å². The number of hydrogen-bond donors (Lipinski definition) is 2. The minimum Gasteiger partial charge on any atom is -0.478 e. The summed E-state index contributed by atoms with van der Waals surface area (Å²) in [6.07, 6.45) is 0. The van der Waals surface area contributed by atoms with Crippen LogP contribution in [0.25, 0.3) is 11.3 Å². The van der Waals surface area contributed by atoms with Gasteiger partial charge in [-0.15, -0.1) is 11.3 Å². The Labute approximate surface area is 90.0 Å². The molecule has 0 saturated carbocycles. The molecule has 0 amide bonds. The lowest BCUT2D eigenvalue weighted by Gasteiger charge is -1.98. The van der Waals surface area contributed by atoms with Crippen LogP contribution in [0, 0.1) is 0 Å². The number of carboxylic acids is 1. The molecule has 1 aromatic heterocycles. The molecule has 15 heavy (non-hydrogen) atoms. The Morgan fingerprint density at radius 2 is 2.27 bits per heavy atom. The summed E-state index contributed by atoms with van der Waals surface area (Å²) in [6.45, 7) is 0. The third kappa shape index (κ3) is 1.97. The zero-order valence-corrected chi connectivity index (χ0v) is 8.49. The first-order valence-electron chi connectivity index (χ1n) is 4.21. The topological polar surface area (TPSA) is 76.2 Å². The Hall–Kier alpha value is -1.88. The molecular formula is C10H8N2O2S. The second kappa shape index (κ2) is 3.70. The molecule has 0 radical (unpaired) electrons. The largest absolute Gasteiger partial charge is 0.478 e. The summed E-state index contributed by atoms with van der Waals surface area (Å²) in [7, 11) is 0. The highest BCUT2D eigenvalue weighted by Crippen LogP contribution is 2.23. The Morgan fingerprint density at radius 1 is 1.47 bits per heavy atom. The molecule has 76 valence electrons. The number of hydrogen-bond acceptors (Lipinski definition) is 4. The molecule has 4 nitrogen and oxygen atoms in total. The first-order chi connectivity index (χ1) is 7.16. The third-order valence-electron chi connectivity index (χ3n) is 1.93. The van der Waals surface area contributed by atoms with Crippen molar-refractivity contribution in [2.45, 2.75) is 0 Å². The lowest BCUT2D eigenvalue weighted by Crippen LogP contribution is -1.95. The molecular weight excluding hydrogens is 212 g/mol. The maximum atomic E-state index is 10.7. The van der Waals surface area contributed by atoms with Gasteiger partial charge in [0.25, 0.3) is 0 Å². The molecule has 1 heterocycles. The fraction of sp³-hybridized carbons (Fsp3) is 0. The van der Waals surface area contributed by atoms with E-state index in [-0.39, 0.29) is 5.56 Å². The number of nitrogens with two attached hydrogens (primary N) is 1. The molecule has 0 atom stereocenters. The Balaban J connectivity index is 2.45. The second-order valence-electron chi connectivity index (χ2n) is 2.96. The number of aromatic carboxylic acids is 1. The zero-order chi connectivity index (χ0) is 10.8. The molecule has 2 aromatic rings. The van der Waals surface area contributed by atoms with E-state index in [0.29, 0.717) is 10.8 Å². The van der Waals surface area contributed by atoms with E-state index in [4.69, 9.17) is 10.8 Å².